The monoisotopic (exact) mass is 314 g/mol. The van der Waals surface area contributed by atoms with Gasteiger partial charge in [-0.05, 0) is 100 Å². The molecule has 1 N–H and O–H groups in total. The lowest BCUT2D eigenvalue weighted by Gasteiger charge is -2.54. The molecule has 0 aromatic rings. The van der Waals surface area contributed by atoms with E-state index in [1.807, 2.05) is 6.92 Å². The molecule has 4 rings (SSSR count). The summed E-state index contributed by atoms with van der Waals surface area (Å²) >= 11 is 0. The van der Waals surface area contributed by atoms with Crippen molar-refractivity contribution in [2.45, 2.75) is 77.7 Å². The fourth-order valence-electron chi connectivity index (χ4n) is 7.28. The van der Waals surface area contributed by atoms with E-state index in [1.54, 1.807) is 5.57 Å². The van der Waals surface area contributed by atoms with Gasteiger partial charge in [0.25, 0.3) is 0 Å². The number of fused-ring (bicyclic) bond motifs is 5. The third-order valence-corrected chi connectivity index (χ3v) is 8.31. The smallest absolute Gasteiger partial charge is 0.0657 e. The van der Waals surface area contributed by atoms with Crippen molar-refractivity contribution >= 4 is 0 Å². The Morgan fingerprint density at radius 3 is 2.65 bits per heavy atom. The Balaban J connectivity index is 1.61. The van der Waals surface area contributed by atoms with Crippen LogP contribution in [0.15, 0.2) is 23.8 Å². The average molecular weight is 315 g/mol. The summed E-state index contributed by atoms with van der Waals surface area (Å²) in [7, 11) is 0. The third kappa shape index (κ3) is 2.37. The highest BCUT2D eigenvalue weighted by Crippen LogP contribution is 2.64. The number of allylic oxidation sites excluding steroid dienone is 2. The van der Waals surface area contributed by atoms with Crippen molar-refractivity contribution in [3.8, 4) is 0 Å². The fourth-order valence-corrected chi connectivity index (χ4v) is 7.28. The van der Waals surface area contributed by atoms with Crippen molar-refractivity contribution in [2.24, 2.45) is 35.0 Å². The number of hydrogen-bond acceptors (Lipinski definition) is 1. The van der Waals surface area contributed by atoms with Crippen molar-refractivity contribution < 1.29 is 5.11 Å². The van der Waals surface area contributed by atoms with Gasteiger partial charge in [-0.15, -0.1) is 0 Å². The third-order valence-electron chi connectivity index (χ3n) is 8.31. The van der Waals surface area contributed by atoms with E-state index in [4.69, 9.17) is 0 Å². The van der Waals surface area contributed by atoms with E-state index in [1.165, 1.54) is 44.1 Å². The maximum atomic E-state index is 10.4. The molecule has 0 spiro atoms. The molecule has 4 aliphatic rings. The van der Waals surface area contributed by atoms with Crippen LogP contribution in [0.5, 0.6) is 0 Å². The molecule has 3 fully saturated rings. The van der Waals surface area contributed by atoms with Gasteiger partial charge in [0.15, 0.2) is 0 Å². The fraction of sp³-hybridized carbons (Fsp3) is 0.818. The highest BCUT2D eigenvalue weighted by molar-refractivity contribution is 5.22. The van der Waals surface area contributed by atoms with Gasteiger partial charge >= 0.3 is 0 Å². The van der Waals surface area contributed by atoms with Crippen LogP contribution in [0.3, 0.4) is 0 Å². The van der Waals surface area contributed by atoms with E-state index in [9.17, 15) is 5.11 Å². The lowest BCUT2D eigenvalue weighted by Crippen LogP contribution is -2.47. The van der Waals surface area contributed by atoms with E-state index in [-0.39, 0.29) is 0 Å². The van der Waals surface area contributed by atoms with Gasteiger partial charge in [0, 0.05) is 0 Å². The van der Waals surface area contributed by atoms with Crippen LogP contribution >= 0.6 is 0 Å². The predicted molar refractivity (Wildman–Crippen MR) is 96.0 cm³/mol. The summed E-state index contributed by atoms with van der Waals surface area (Å²) < 4.78 is 0. The van der Waals surface area contributed by atoms with Crippen LogP contribution in [-0.2, 0) is 0 Å². The zero-order valence-corrected chi connectivity index (χ0v) is 15.3. The molecule has 128 valence electrons. The Kier molecular flexibility index (Phi) is 3.61. The molecule has 1 nitrogen and oxygen atoms in total. The molecule has 0 aliphatic heterocycles. The predicted octanol–water partition coefficient (Wildman–Crippen LogP) is 5.50. The van der Waals surface area contributed by atoms with Gasteiger partial charge in [-0.25, -0.2) is 0 Å². The largest absolute Gasteiger partial charge is 0.390 e. The van der Waals surface area contributed by atoms with Crippen molar-refractivity contribution in [1.29, 1.82) is 0 Å². The van der Waals surface area contributed by atoms with Crippen molar-refractivity contribution in [3.63, 3.8) is 0 Å². The molecule has 0 saturated heterocycles. The second kappa shape index (κ2) is 5.22. The molecular formula is C22H34O. The molecule has 0 radical (unpaired) electrons. The van der Waals surface area contributed by atoms with E-state index in [2.05, 4.69) is 26.5 Å². The van der Waals surface area contributed by atoms with Crippen LogP contribution in [0.4, 0.5) is 0 Å². The molecule has 0 heterocycles. The van der Waals surface area contributed by atoms with Crippen LogP contribution in [0.1, 0.15) is 72.1 Å². The highest BCUT2D eigenvalue weighted by atomic mass is 16.3. The molecule has 4 aliphatic carbocycles. The standard InChI is InChI=1S/C22H34O/c1-14(2)19-7-8-20-18-6-5-15-13-21(3,23)11-9-16(15)17(18)10-12-22(19,20)4/h5,16-20,23H,1,6-13H2,2-4H3/t16-,17+,18+,19+,20-,21+,22+/m0/s1. The molecule has 7 atom stereocenters. The Morgan fingerprint density at radius 2 is 1.91 bits per heavy atom. The average Bonchev–Trinajstić information content (AvgIpc) is 2.83. The maximum absolute atomic E-state index is 10.4. The number of rotatable bonds is 1. The Labute approximate surface area is 142 Å². The van der Waals surface area contributed by atoms with Gasteiger partial charge in [0.05, 0.1) is 5.60 Å². The van der Waals surface area contributed by atoms with Gasteiger partial charge in [-0.3, -0.25) is 0 Å². The zero-order chi connectivity index (χ0) is 16.4. The first-order valence-electron chi connectivity index (χ1n) is 9.88. The van der Waals surface area contributed by atoms with Crippen LogP contribution in [-0.4, -0.2) is 10.7 Å². The van der Waals surface area contributed by atoms with Crippen LogP contribution < -0.4 is 0 Å². The lowest BCUT2D eigenvalue weighted by molar-refractivity contribution is -0.0289. The van der Waals surface area contributed by atoms with Crippen LogP contribution in [0, 0.1) is 35.0 Å². The van der Waals surface area contributed by atoms with Crippen LogP contribution in [0.2, 0.25) is 0 Å². The Morgan fingerprint density at radius 1 is 1.13 bits per heavy atom. The Bertz CT molecular complexity index is 542. The first kappa shape index (κ1) is 15.9. The summed E-state index contributed by atoms with van der Waals surface area (Å²) in [5.74, 6) is 4.24. The zero-order valence-electron chi connectivity index (χ0n) is 15.3. The summed E-state index contributed by atoms with van der Waals surface area (Å²) in [6, 6.07) is 0. The summed E-state index contributed by atoms with van der Waals surface area (Å²) in [6.07, 6.45) is 12.6. The summed E-state index contributed by atoms with van der Waals surface area (Å²) in [5, 5.41) is 10.4. The van der Waals surface area contributed by atoms with Gasteiger partial charge in [0.1, 0.15) is 0 Å². The molecule has 23 heavy (non-hydrogen) atoms. The molecular weight excluding hydrogens is 280 g/mol. The van der Waals surface area contributed by atoms with Gasteiger partial charge in [0.2, 0.25) is 0 Å². The van der Waals surface area contributed by atoms with Crippen molar-refractivity contribution in [2.75, 3.05) is 0 Å². The van der Waals surface area contributed by atoms with E-state index >= 15 is 0 Å². The normalized spacial score (nSPS) is 52.2. The van der Waals surface area contributed by atoms with E-state index in [0.29, 0.717) is 5.41 Å². The second-order valence-corrected chi connectivity index (χ2v) is 9.79. The number of hydrogen-bond donors (Lipinski definition) is 1. The molecule has 0 aromatic heterocycles. The highest BCUT2D eigenvalue weighted by Gasteiger charge is 2.56. The SMILES string of the molecule is C=C(C)[C@H]1CC[C@H]2[C@@H]3CC=C4C[C@](C)(O)CC[C@@H]4[C@H]3CC[C@]12C. The second-order valence-electron chi connectivity index (χ2n) is 9.79. The molecule has 0 amide bonds. The van der Waals surface area contributed by atoms with Crippen molar-refractivity contribution in [1.82, 2.24) is 0 Å². The minimum atomic E-state index is -0.448. The van der Waals surface area contributed by atoms with Gasteiger partial charge in [-0.1, -0.05) is 30.7 Å². The van der Waals surface area contributed by atoms with Crippen molar-refractivity contribution in [3.05, 3.63) is 23.8 Å². The molecule has 0 aromatic carbocycles. The van der Waals surface area contributed by atoms with Gasteiger partial charge in [-0.2, -0.15) is 0 Å². The summed E-state index contributed by atoms with van der Waals surface area (Å²) in [5.41, 5.74) is 3.09. The first-order valence-corrected chi connectivity index (χ1v) is 9.88. The van der Waals surface area contributed by atoms with Gasteiger partial charge < -0.3 is 5.11 Å². The minimum Gasteiger partial charge on any atom is -0.390 e. The summed E-state index contributed by atoms with van der Waals surface area (Å²) in [4.78, 5) is 0. The first-order chi connectivity index (χ1) is 10.8. The Hall–Kier alpha value is -0.560. The lowest BCUT2D eigenvalue weighted by atomic mass is 9.51. The van der Waals surface area contributed by atoms with E-state index < -0.39 is 5.60 Å². The quantitative estimate of drug-likeness (QED) is 0.633. The molecule has 1 heteroatoms. The summed E-state index contributed by atoms with van der Waals surface area (Å²) in [6.45, 7) is 11.2. The molecule has 0 unspecified atom stereocenters. The molecule has 0 bridgehead atoms. The number of aliphatic hydroxyl groups is 1. The molecule has 3 saturated carbocycles. The maximum Gasteiger partial charge on any atom is 0.0657 e. The van der Waals surface area contributed by atoms with Crippen LogP contribution in [0.25, 0.3) is 0 Å². The minimum absolute atomic E-state index is 0.448. The topological polar surface area (TPSA) is 20.2 Å². The van der Waals surface area contributed by atoms with E-state index in [0.717, 1.165) is 42.4 Å².